The third kappa shape index (κ3) is 3.66. The van der Waals surface area contributed by atoms with Crippen LogP contribution >= 0.6 is 0 Å². The van der Waals surface area contributed by atoms with Crippen molar-refractivity contribution in [3.63, 3.8) is 0 Å². The van der Waals surface area contributed by atoms with Gasteiger partial charge in [-0.2, -0.15) is 18.4 Å². The van der Waals surface area contributed by atoms with Gasteiger partial charge in [-0.15, -0.1) is 13.2 Å². The van der Waals surface area contributed by atoms with Crippen LogP contribution in [0, 0.1) is 11.3 Å². The molecule has 4 nitrogen and oxygen atoms in total. The molecular weight excluding hydrogens is 294 g/mol. The van der Waals surface area contributed by atoms with E-state index in [-0.39, 0.29) is 0 Å². The highest BCUT2D eigenvalue weighted by molar-refractivity contribution is 5.49. The highest BCUT2D eigenvalue weighted by Crippen LogP contribution is 2.44. The van der Waals surface area contributed by atoms with Crippen molar-refractivity contribution in [1.82, 2.24) is 4.98 Å². The third-order valence-corrected chi connectivity index (χ3v) is 2.04. The molecule has 1 heterocycles. The molecule has 1 aromatic rings. The van der Waals surface area contributed by atoms with Gasteiger partial charge >= 0.3 is 12.5 Å². The van der Waals surface area contributed by atoms with Gasteiger partial charge in [0.25, 0.3) is 0 Å². The summed E-state index contributed by atoms with van der Waals surface area (Å²) in [5, 5.41) is 8.41. The summed E-state index contributed by atoms with van der Waals surface area (Å²) < 4.78 is 83.0. The zero-order valence-electron chi connectivity index (χ0n) is 9.76. The predicted molar refractivity (Wildman–Crippen MR) is 51.8 cm³/mol. The number of aromatic nitrogens is 1. The van der Waals surface area contributed by atoms with Crippen LogP contribution in [-0.4, -0.2) is 18.5 Å². The van der Waals surface area contributed by atoms with E-state index in [0.29, 0.717) is 6.20 Å². The average Bonchev–Trinajstić information content (AvgIpc) is 2.25. The average molecular weight is 300 g/mol. The van der Waals surface area contributed by atoms with E-state index < -0.39 is 41.7 Å². The normalized spacial score (nSPS) is 11.9. The predicted octanol–water partition coefficient (Wildman–Crippen LogP) is 3.07. The van der Waals surface area contributed by atoms with Gasteiger partial charge in [-0.25, -0.2) is 0 Å². The van der Waals surface area contributed by atoms with Gasteiger partial charge in [-0.1, -0.05) is 0 Å². The van der Waals surface area contributed by atoms with E-state index in [2.05, 4.69) is 14.5 Å². The van der Waals surface area contributed by atoms with Gasteiger partial charge in [0, 0.05) is 0 Å². The zero-order chi connectivity index (χ0) is 15.6. The zero-order valence-corrected chi connectivity index (χ0v) is 9.76. The first-order valence-corrected chi connectivity index (χ1v) is 4.86. The quantitative estimate of drug-likeness (QED) is 0.805. The molecule has 1 aromatic heterocycles. The van der Waals surface area contributed by atoms with Crippen molar-refractivity contribution in [1.29, 1.82) is 5.26 Å². The van der Waals surface area contributed by atoms with Crippen molar-refractivity contribution in [3.05, 3.63) is 17.5 Å². The first-order valence-electron chi connectivity index (χ1n) is 4.86. The van der Waals surface area contributed by atoms with Crippen molar-refractivity contribution in [2.75, 3.05) is 7.11 Å². The summed E-state index contributed by atoms with van der Waals surface area (Å²) in [6.07, 6.45) is -10.7. The lowest BCUT2D eigenvalue weighted by molar-refractivity contribution is -0.276. The molecule has 0 aliphatic rings. The molecule has 110 valence electrons. The SMILES string of the molecule is COc1cnc(CC#N)c(C(F)(F)F)c1OC(F)(F)F. The first-order chi connectivity index (χ1) is 9.10. The van der Waals surface area contributed by atoms with Crippen LogP contribution in [0.25, 0.3) is 0 Å². The Labute approximate surface area is 108 Å². The number of hydrogen-bond donors (Lipinski definition) is 0. The number of methoxy groups -OCH3 is 1. The van der Waals surface area contributed by atoms with E-state index in [1.165, 1.54) is 6.07 Å². The van der Waals surface area contributed by atoms with Gasteiger partial charge in [0.05, 0.1) is 31.5 Å². The fraction of sp³-hybridized carbons (Fsp3) is 0.400. The molecule has 0 atom stereocenters. The minimum Gasteiger partial charge on any atom is -0.491 e. The fourth-order valence-electron chi connectivity index (χ4n) is 1.38. The second-order valence-electron chi connectivity index (χ2n) is 3.36. The van der Waals surface area contributed by atoms with E-state index in [4.69, 9.17) is 5.26 Å². The number of rotatable bonds is 3. The second kappa shape index (κ2) is 5.44. The molecule has 0 bridgehead atoms. The molecule has 0 unspecified atom stereocenters. The monoisotopic (exact) mass is 300 g/mol. The summed E-state index contributed by atoms with van der Waals surface area (Å²) in [4.78, 5) is 3.28. The Morgan fingerprint density at radius 3 is 2.25 bits per heavy atom. The summed E-state index contributed by atoms with van der Waals surface area (Å²) in [5.74, 6) is -2.40. The molecule has 0 N–H and O–H groups in total. The highest BCUT2D eigenvalue weighted by Gasteiger charge is 2.43. The Kier molecular flexibility index (Phi) is 4.32. The molecule has 0 aliphatic heterocycles. The molecule has 0 fully saturated rings. The topological polar surface area (TPSA) is 55.1 Å². The largest absolute Gasteiger partial charge is 0.573 e. The molecule has 1 rings (SSSR count). The summed E-state index contributed by atoms with van der Waals surface area (Å²) in [7, 11) is 0.865. The number of ether oxygens (including phenoxy) is 2. The lowest BCUT2D eigenvalue weighted by Gasteiger charge is -2.19. The van der Waals surface area contributed by atoms with E-state index >= 15 is 0 Å². The van der Waals surface area contributed by atoms with Crippen LogP contribution in [0.2, 0.25) is 0 Å². The van der Waals surface area contributed by atoms with E-state index in [9.17, 15) is 26.3 Å². The molecule has 0 saturated heterocycles. The summed E-state index contributed by atoms with van der Waals surface area (Å²) in [6.45, 7) is 0. The van der Waals surface area contributed by atoms with Gasteiger partial charge in [0.2, 0.25) is 0 Å². The molecule has 0 amide bonds. The standard InChI is InChI=1S/C10H6F6N2O2/c1-19-6-4-18-5(2-3-17)7(9(11,12)13)8(6)20-10(14,15)16/h4H,2H2,1H3. The number of hydrogen-bond acceptors (Lipinski definition) is 4. The van der Waals surface area contributed by atoms with Crippen LogP contribution in [0.1, 0.15) is 11.3 Å². The van der Waals surface area contributed by atoms with Gasteiger partial charge in [0.1, 0.15) is 5.56 Å². The molecule has 0 radical (unpaired) electrons. The van der Waals surface area contributed by atoms with Crippen LogP contribution in [-0.2, 0) is 12.6 Å². The Morgan fingerprint density at radius 1 is 1.25 bits per heavy atom. The summed E-state index contributed by atoms with van der Waals surface area (Å²) in [6, 6.07) is 1.38. The fourth-order valence-corrected chi connectivity index (χ4v) is 1.38. The maximum absolute atomic E-state index is 12.9. The maximum atomic E-state index is 12.9. The maximum Gasteiger partial charge on any atom is 0.573 e. The number of alkyl halides is 6. The first kappa shape index (κ1) is 15.9. The minimum atomic E-state index is -5.35. The molecule has 0 spiro atoms. The number of nitrogens with zero attached hydrogens (tertiary/aromatic N) is 2. The summed E-state index contributed by atoms with van der Waals surface area (Å²) in [5.41, 5.74) is -2.66. The molecular formula is C10H6F6N2O2. The van der Waals surface area contributed by atoms with Crippen molar-refractivity contribution in [2.45, 2.75) is 19.0 Å². The van der Waals surface area contributed by atoms with Crippen LogP contribution < -0.4 is 9.47 Å². The van der Waals surface area contributed by atoms with Gasteiger partial charge < -0.3 is 9.47 Å². The van der Waals surface area contributed by atoms with Gasteiger partial charge in [0.15, 0.2) is 11.5 Å². The van der Waals surface area contributed by atoms with E-state index in [1.54, 1.807) is 0 Å². The Morgan fingerprint density at radius 2 is 1.85 bits per heavy atom. The lowest BCUT2D eigenvalue weighted by Crippen LogP contribution is -2.22. The van der Waals surface area contributed by atoms with Gasteiger partial charge in [-0.3, -0.25) is 4.98 Å². The van der Waals surface area contributed by atoms with E-state index in [1.807, 2.05) is 0 Å². The van der Waals surface area contributed by atoms with Crippen molar-refractivity contribution >= 4 is 0 Å². The van der Waals surface area contributed by atoms with Crippen molar-refractivity contribution < 1.29 is 35.8 Å². The molecule has 0 aromatic carbocycles. The summed E-state index contributed by atoms with van der Waals surface area (Å²) >= 11 is 0. The highest BCUT2D eigenvalue weighted by atomic mass is 19.4. The van der Waals surface area contributed by atoms with Gasteiger partial charge in [-0.05, 0) is 0 Å². The van der Waals surface area contributed by atoms with Crippen molar-refractivity contribution in [3.8, 4) is 17.6 Å². The number of pyridine rings is 1. The van der Waals surface area contributed by atoms with E-state index in [0.717, 1.165) is 7.11 Å². The van der Waals surface area contributed by atoms with Crippen molar-refractivity contribution in [2.24, 2.45) is 0 Å². The molecule has 0 aliphatic carbocycles. The minimum absolute atomic E-state index is 0.628. The Balaban J connectivity index is 3.57. The van der Waals surface area contributed by atoms with Crippen LogP contribution in [0.5, 0.6) is 11.5 Å². The Hall–Kier alpha value is -2.18. The number of nitriles is 1. The molecule has 10 heteroatoms. The third-order valence-electron chi connectivity index (χ3n) is 2.04. The van der Waals surface area contributed by atoms with Crippen LogP contribution in [0.4, 0.5) is 26.3 Å². The lowest BCUT2D eigenvalue weighted by atomic mass is 10.1. The molecule has 0 saturated carbocycles. The molecule has 20 heavy (non-hydrogen) atoms. The van der Waals surface area contributed by atoms with Crippen LogP contribution in [0.3, 0.4) is 0 Å². The second-order valence-corrected chi connectivity index (χ2v) is 3.36. The number of halogens is 6. The smallest absolute Gasteiger partial charge is 0.491 e. The Bertz CT molecular complexity index is 532. The van der Waals surface area contributed by atoms with Crippen LogP contribution in [0.15, 0.2) is 6.20 Å².